The third kappa shape index (κ3) is 2.77. The summed E-state index contributed by atoms with van der Waals surface area (Å²) in [5.41, 5.74) is 3.07. The summed E-state index contributed by atoms with van der Waals surface area (Å²) in [4.78, 5) is 2.16. The molecule has 5 heteroatoms. The lowest BCUT2D eigenvalue weighted by atomic mass is 10.2. The molecule has 0 unspecified atom stereocenters. The standard InChI is InChI=1S/C11H17N5/c1-16(2)6-5-12-8-9-3-4-10-11(7-9)14-15-13-10/h3-4,7,12H,5-6,8H2,1-2H3,(H,13,14,15). The largest absolute Gasteiger partial charge is 0.311 e. The zero-order chi connectivity index (χ0) is 11.4. The predicted octanol–water partition coefficient (Wildman–Crippen LogP) is 0.609. The van der Waals surface area contributed by atoms with Crippen LogP contribution in [0.25, 0.3) is 11.0 Å². The first-order valence-electron chi connectivity index (χ1n) is 5.40. The molecule has 5 nitrogen and oxygen atoms in total. The number of benzene rings is 1. The molecule has 1 aromatic heterocycles. The van der Waals surface area contributed by atoms with Crippen molar-refractivity contribution in [2.75, 3.05) is 27.2 Å². The van der Waals surface area contributed by atoms with E-state index in [-0.39, 0.29) is 0 Å². The average Bonchev–Trinajstić information content (AvgIpc) is 2.71. The van der Waals surface area contributed by atoms with E-state index < -0.39 is 0 Å². The summed E-state index contributed by atoms with van der Waals surface area (Å²) in [6, 6.07) is 6.12. The number of aromatic amines is 1. The third-order valence-corrected chi connectivity index (χ3v) is 2.45. The van der Waals surface area contributed by atoms with E-state index in [0.717, 1.165) is 30.7 Å². The minimum absolute atomic E-state index is 0.872. The Labute approximate surface area is 94.8 Å². The fraction of sp³-hybridized carbons (Fsp3) is 0.455. The van der Waals surface area contributed by atoms with Gasteiger partial charge in [-0.25, -0.2) is 0 Å². The third-order valence-electron chi connectivity index (χ3n) is 2.45. The van der Waals surface area contributed by atoms with Crippen LogP contribution in [0.1, 0.15) is 5.56 Å². The van der Waals surface area contributed by atoms with Gasteiger partial charge in [-0.3, -0.25) is 0 Å². The highest BCUT2D eigenvalue weighted by Crippen LogP contribution is 2.09. The van der Waals surface area contributed by atoms with Crippen molar-refractivity contribution in [3.05, 3.63) is 23.8 Å². The van der Waals surface area contributed by atoms with Crippen LogP contribution in [0.3, 0.4) is 0 Å². The Hall–Kier alpha value is -1.46. The van der Waals surface area contributed by atoms with Gasteiger partial charge in [0.25, 0.3) is 0 Å². The van der Waals surface area contributed by atoms with Gasteiger partial charge in [0, 0.05) is 19.6 Å². The maximum absolute atomic E-state index is 4.06. The molecule has 0 amide bonds. The molecule has 0 aliphatic heterocycles. The van der Waals surface area contributed by atoms with Crippen molar-refractivity contribution in [3.8, 4) is 0 Å². The Balaban J connectivity index is 1.89. The average molecular weight is 219 g/mol. The van der Waals surface area contributed by atoms with Crippen molar-refractivity contribution >= 4 is 11.0 Å². The first-order chi connectivity index (χ1) is 7.75. The van der Waals surface area contributed by atoms with Crippen molar-refractivity contribution in [3.63, 3.8) is 0 Å². The molecule has 0 saturated carbocycles. The minimum atomic E-state index is 0.872. The van der Waals surface area contributed by atoms with Crippen LogP contribution in [0.15, 0.2) is 18.2 Å². The summed E-state index contributed by atoms with van der Waals surface area (Å²) in [5.74, 6) is 0. The Morgan fingerprint density at radius 2 is 2.06 bits per heavy atom. The van der Waals surface area contributed by atoms with Crippen LogP contribution in [0.2, 0.25) is 0 Å². The van der Waals surface area contributed by atoms with Gasteiger partial charge < -0.3 is 10.2 Å². The van der Waals surface area contributed by atoms with E-state index in [9.17, 15) is 0 Å². The molecule has 0 aliphatic carbocycles. The van der Waals surface area contributed by atoms with Crippen LogP contribution >= 0.6 is 0 Å². The molecule has 0 fully saturated rings. The summed E-state index contributed by atoms with van der Waals surface area (Å²) in [6.45, 7) is 2.91. The lowest BCUT2D eigenvalue weighted by molar-refractivity contribution is 0.400. The molecule has 1 aromatic carbocycles. The molecular weight excluding hydrogens is 202 g/mol. The van der Waals surface area contributed by atoms with Gasteiger partial charge in [-0.1, -0.05) is 6.07 Å². The van der Waals surface area contributed by atoms with Crippen LogP contribution in [0.4, 0.5) is 0 Å². The second kappa shape index (κ2) is 5.05. The highest BCUT2D eigenvalue weighted by atomic mass is 15.3. The van der Waals surface area contributed by atoms with Gasteiger partial charge in [-0.15, -0.1) is 0 Å². The number of hydrogen-bond acceptors (Lipinski definition) is 4. The zero-order valence-corrected chi connectivity index (χ0v) is 9.70. The maximum atomic E-state index is 4.06. The molecule has 0 radical (unpaired) electrons. The van der Waals surface area contributed by atoms with Gasteiger partial charge >= 0.3 is 0 Å². The molecule has 2 N–H and O–H groups in total. The number of fused-ring (bicyclic) bond motifs is 1. The van der Waals surface area contributed by atoms with Crippen LogP contribution in [0.5, 0.6) is 0 Å². The van der Waals surface area contributed by atoms with E-state index in [1.807, 2.05) is 6.07 Å². The lowest BCUT2D eigenvalue weighted by Crippen LogP contribution is -2.26. The molecule has 0 saturated heterocycles. The quantitative estimate of drug-likeness (QED) is 0.723. The van der Waals surface area contributed by atoms with Crippen LogP contribution in [-0.2, 0) is 6.54 Å². The first-order valence-corrected chi connectivity index (χ1v) is 5.40. The monoisotopic (exact) mass is 219 g/mol. The van der Waals surface area contributed by atoms with Gasteiger partial charge in [0.15, 0.2) is 0 Å². The van der Waals surface area contributed by atoms with E-state index in [0.29, 0.717) is 0 Å². The summed E-state index contributed by atoms with van der Waals surface area (Å²) >= 11 is 0. The SMILES string of the molecule is CN(C)CCNCc1ccc2n[nH]nc2c1. The van der Waals surface area contributed by atoms with Gasteiger partial charge in [-0.05, 0) is 31.8 Å². The van der Waals surface area contributed by atoms with E-state index in [1.165, 1.54) is 5.56 Å². The Kier molecular flexibility index (Phi) is 3.48. The van der Waals surface area contributed by atoms with E-state index in [2.05, 4.69) is 51.9 Å². The molecule has 86 valence electrons. The number of nitrogens with one attached hydrogen (secondary N) is 2. The molecule has 0 spiro atoms. The Morgan fingerprint density at radius 1 is 1.25 bits per heavy atom. The van der Waals surface area contributed by atoms with E-state index >= 15 is 0 Å². The number of hydrogen-bond donors (Lipinski definition) is 2. The number of nitrogens with zero attached hydrogens (tertiary/aromatic N) is 3. The van der Waals surface area contributed by atoms with Crippen molar-refractivity contribution in [1.29, 1.82) is 0 Å². The van der Waals surface area contributed by atoms with Crippen molar-refractivity contribution < 1.29 is 0 Å². The topological polar surface area (TPSA) is 56.8 Å². The fourth-order valence-corrected chi connectivity index (χ4v) is 1.53. The van der Waals surface area contributed by atoms with Crippen molar-refractivity contribution in [2.45, 2.75) is 6.54 Å². The number of likely N-dealkylation sites (N-methyl/N-ethyl adjacent to an activating group) is 1. The molecule has 16 heavy (non-hydrogen) atoms. The van der Waals surface area contributed by atoms with Crippen LogP contribution in [-0.4, -0.2) is 47.5 Å². The molecule has 2 aromatic rings. The number of rotatable bonds is 5. The summed E-state index contributed by atoms with van der Waals surface area (Å²) in [7, 11) is 4.15. The molecule has 1 heterocycles. The second-order valence-corrected chi connectivity index (χ2v) is 4.13. The molecule has 0 atom stereocenters. The lowest BCUT2D eigenvalue weighted by Gasteiger charge is -2.10. The van der Waals surface area contributed by atoms with E-state index in [1.54, 1.807) is 0 Å². The van der Waals surface area contributed by atoms with Gasteiger partial charge in [0.05, 0.1) is 0 Å². The summed E-state index contributed by atoms with van der Waals surface area (Å²) in [5, 5.41) is 14.1. The van der Waals surface area contributed by atoms with Gasteiger partial charge in [-0.2, -0.15) is 15.4 Å². The summed E-state index contributed by atoms with van der Waals surface area (Å²) in [6.07, 6.45) is 0. The van der Waals surface area contributed by atoms with Gasteiger partial charge in [0.1, 0.15) is 11.0 Å². The van der Waals surface area contributed by atoms with Gasteiger partial charge in [0.2, 0.25) is 0 Å². The molecule has 2 rings (SSSR count). The Morgan fingerprint density at radius 3 is 2.88 bits per heavy atom. The molecule has 0 bridgehead atoms. The minimum Gasteiger partial charge on any atom is -0.311 e. The zero-order valence-electron chi connectivity index (χ0n) is 9.70. The Bertz CT molecular complexity index is 448. The predicted molar refractivity (Wildman–Crippen MR) is 64.1 cm³/mol. The normalized spacial score (nSPS) is 11.4. The number of H-pyrrole nitrogens is 1. The maximum Gasteiger partial charge on any atom is 0.113 e. The first kappa shape index (κ1) is 11.0. The fourth-order valence-electron chi connectivity index (χ4n) is 1.53. The molecule has 0 aliphatic rings. The highest BCUT2D eigenvalue weighted by molar-refractivity contribution is 5.74. The van der Waals surface area contributed by atoms with Crippen molar-refractivity contribution in [2.24, 2.45) is 0 Å². The second-order valence-electron chi connectivity index (χ2n) is 4.13. The highest BCUT2D eigenvalue weighted by Gasteiger charge is 1.99. The van der Waals surface area contributed by atoms with Crippen LogP contribution < -0.4 is 5.32 Å². The molecular formula is C11H17N5. The number of aromatic nitrogens is 3. The smallest absolute Gasteiger partial charge is 0.113 e. The van der Waals surface area contributed by atoms with E-state index in [4.69, 9.17) is 0 Å². The van der Waals surface area contributed by atoms with Crippen molar-refractivity contribution in [1.82, 2.24) is 25.6 Å². The summed E-state index contributed by atoms with van der Waals surface area (Å²) < 4.78 is 0. The van der Waals surface area contributed by atoms with Crippen LogP contribution in [0, 0.1) is 0 Å².